The lowest BCUT2D eigenvalue weighted by Crippen LogP contribution is -2.34. The average molecular weight is 474 g/mol. The van der Waals surface area contributed by atoms with Gasteiger partial charge in [0.25, 0.3) is 0 Å². The molecule has 0 saturated heterocycles. The Morgan fingerprint density at radius 2 is 1.62 bits per heavy atom. The average Bonchev–Trinajstić information content (AvgIpc) is 2.73. The van der Waals surface area contributed by atoms with Gasteiger partial charge in [0.05, 0.1) is 17.0 Å². The molecule has 0 radical (unpaired) electrons. The van der Waals surface area contributed by atoms with Gasteiger partial charge in [-0.15, -0.1) is 0 Å². The minimum absolute atomic E-state index is 0.240. The van der Waals surface area contributed by atoms with Crippen molar-refractivity contribution in [3.05, 3.63) is 88.9 Å². The summed E-state index contributed by atoms with van der Waals surface area (Å²) in [6.45, 7) is 0. The highest BCUT2D eigenvalue weighted by Crippen LogP contribution is 2.29. The molecule has 1 N–H and O–H groups in total. The lowest BCUT2D eigenvalue weighted by Gasteiger charge is -2.21. The van der Waals surface area contributed by atoms with Crippen LogP contribution < -0.4 is 19.7 Å². The number of aliphatic carboxylic acids is 1. The van der Waals surface area contributed by atoms with E-state index < -0.39 is 44.9 Å². The maximum atomic E-state index is 12.9. The van der Waals surface area contributed by atoms with Gasteiger partial charge in [0.15, 0.2) is 0 Å². The summed E-state index contributed by atoms with van der Waals surface area (Å²) in [4.78, 5) is 21.9. The lowest BCUT2D eigenvalue weighted by molar-refractivity contribution is -0.306. The number of nitrogens with one attached hydrogen (secondary N) is 1. The van der Waals surface area contributed by atoms with Crippen molar-refractivity contribution < 1.29 is 33.0 Å². The summed E-state index contributed by atoms with van der Waals surface area (Å²) in [6, 6.07) is 16.8. The van der Waals surface area contributed by atoms with E-state index in [4.69, 9.17) is 16.3 Å². The van der Waals surface area contributed by atoms with Crippen molar-refractivity contribution >= 4 is 33.6 Å². The van der Waals surface area contributed by atoms with E-state index in [-0.39, 0.29) is 5.02 Å². The first kappa shape index (κ1) is 23.3. The molecule has 0 heterocycles. The van der Waals surface area contributed by atoms with Crippen LogP contribution in [-0.2, 0) is 14.8 Å². The van der Waals surface area contributed by atoms with Gasteiger partial charge in [-0.3, -0.25) is 0 Å². The molecule has 3 rings (SSSR count). The fraction of sp³-hybridized carbons (Fsp3) is 0.0909. The smallest absolute Gasteiger partial charge is 0.242 e. The first-order valence-electron chi connectivity index (χ1n) is 9.21. The lowest BCUT2D eigenvalue weighted by atomic mass is 10.0. The highest BCUT2D eigenvalue weighted by atomic mass is 35.5. The fourth-order valence-electron chi connectivity index (χ4n) is 2.90. The predicted molar refractivity (Wildman–Crippen MR) is 111 cm³/mol. The van der Waals surface area contributed by atoms with Crippen molar-refractivity contribution in [2.75, 3.05) is 0 Å². The molecule has 0 spiro atoms. The van der Waals surface area contributed by atoms with E-state index in [1.807, 2.05) is 6.07 Å². The zero-order chi connectivity index (χ0) is 23.3. The third-order valence-electron chi connectivity index (χ3n) is 4.36. The van der Waals surface area contributed by atoms with Gasteiger partial charge in [-0.25, -0.2) is 13.1 Å². The van der Waals surface area contributed by atoms with Gasteiger partial charge in [-0.1, -0.05) is 48.0 Å². The minimum Gasteiger partial charge on any atom is -0.550 e. The van der Waals surface area contributed by atoms with Crippen molar-refractivity contribution in [2.24, 2.45) is 0 Å². The molecule has 0 fully saturated rings. The molecule has 8 nitrogen and oxygen atoms in total. The molecule has 3 aromatic rings. The van der Waals surface area contributed by atoms with E-state index in [0.717, 1.165) is 18.2 Å². The second-order valence-electron chi connectivity index (χ2n) is 6.67. The summed E-state index contributed by atoms with van der Waals surface area (Å²) in [5, 5.41) is 22.2. The van der Waals surface area contributed by atoms with Crippen molar-refractivity contribution in [2.45, 2.75) is 17.4 Å². The normalized spacial score (nSPS) is 12.2. The van der Waals surface area contributed by atoms with E-state index in [9.17, 15) is 28.2 Å². The number of aromatic carboxylic acids is 1. The summed E-state index contributed by atoms with van der Waals surface area (Å²) >= 11 is 5.95. The van der Waals surface area contributed by atoms with Crippen LogP contribution in [0.1, 0.15) is 28.4 Å². The summed E-state index contributed by atoms with van der Waals surface area (Å²) in [6.07, 6.45) is -0.689. The Hall–Kier alpha value is -3.40. The Kier molecular flexibility index (Phi) is 7.14. The number of rotatable bonds is 9. The van der Waals surface area contributed by atoms with Gasteiger partial charge < -0.3 is 24.5 Å². The third-order valence-corrected chi connectivity index (χ3v) is 6.32. The van der Waals surface area contributed by atoms with Gasteiger partial charge in [0.2, 0.25) is 10.0 Å². The van der Waals surface area contributed by atoms with Crippen LogP contribution in [0.25, 0.3) is 0 Å². The number of carboxylic acid groups (broad SMARTS) is 2. The van der Waals surface area contributed by atoms with Gasteiger partial charge in [0.1, 0.15) is 16.4 Å². The highest BCUT2D eigenvalue weighted by molar-refractivity contribution is 7.89. The maximum absolute atomic E-state index is 12.9. The topological polar surface area (TPSA) is 136 Å². The largest absolute Gasteiger partial charge is 0.550 e. The standard InChI is InChI=1S/C22H18ClNO7S/c23-18-10-9-15(22(27)28)12-20(18)32(29,30)24-19(13-21(25)26)14-5-4-8-17(11-14)31-16-6-2-1-3-7-16/h1-12,19,24H,13H2,(H,25,26)(H,27,28)/p-2/t19-/m1/s1. The molecule has 0 amide bonds. The Morgan fingerprint density at radius 1 is 0.938 bits per heavy atom. The number of ether oxygens (including phenoxy) is 1. The summed E-state index contributed by atoms with van der Waals surface area (Å²) < 4.78 is 33.8. The molecule has 0 saturated carbocycles. The number of carbonyl (C=O) groups excluding carboxylic acids is 2. The summed E-state index contributed by atoms with van der Waals surface area (Å²) in [7, 11) is -4.42. The molecule has 0 aromatic heterocycles. The Balaban J connectivity index is 1.94. The number of halogens is 1. The second-order valence-corrected chi connectivity index (χ2v) is 8.76. The van der Waals surface area contributed by atoms with Crippen LogP contribution in [0.5, 0.6) is 11.5 Å². The second kappa shape index (κ2) is 9.82. The number of benzene rings is 3. The summed E-state index contributed by atoms with van der Waals surface area (Å²) in [5.74, 6) is -2.20. The molecule has 0 bridgehead atoms. The zero-order valence-corrected chi connectivity index (χ0v) is 17.9. The van der Waals surface area contributed by atoms with E-state index in [1.54, 1.807) is 36.4 Å². The molecule has 3 aromatic carbocycles. The molecule has 0 unspecified atom stereocenters. The van der Waals surface area contributed by atoms with Crippen LogP contribution in [0.3, 0.4) is 0 Å². The first-order valence-corrected chi connectivity index (χ1v) is 11.1. The minimum atomic E-state index is -4.42. The Morgan fingerprint density at radius 3 is 2.28 bits per heavy atom. The molecule has 0 aliphatic rings. The van der Waals surface area contributed by atoms with Crippen molar-refractivity contribution in [3.8, 4) is 11.5 Å². The molecule has 166 valence electrons. The molecule has 32 heavy (non-hydrogen) atoms. The van der Waals surface area contributed by atoms with Crippen molar-refractivity contribution in [3.63, 3.8) is 0 Å². The molecular formula is C22H16ClNO7S-2. The van der Waals surface area contributed by atoms with Crippen molar-refractivity contribution in [1.29, 1.82) is 0 Å². The number of para-hydroxylation sites is 1. The van der Waals surface area contributed by atoms with E-state index in [0.29, 0.717) is 17.1 Å². The molecule has 1 atom stereocenters. The number of carboxylic acids is 2. The number of hydrogen-bond donors (Lipinski definition) is 1. The molecule has 0 aliphatic carbocycles. The Bertz CT molecular complexity index is 1250. The van der Waals surface area contributed by atoms with Crippen LogP contribution in [0.2, 0.25) is 5.02 Å². The van der Waals surface area contributed by atoms with Gasteiger partial charge in [0, 0.05) is 12.4 Å². The number of carbonyl (C=O) groups is 2. The molecule has 10 heteroatoms. The zero-order valence-electron chi connectivity index (χ0n) is 16.4. The van der Waals surface area contributed by atoms with E-state index in [2.05, 4.69) is 4.72 Å². The van der Waals surface area contributed by atoms with E-state index >= 15 is 0 Å². The third kappa shape index (κ3) is 5.85. The van der Waals surface area contributed by atoms with Crippen LogP contribution >= 0.6 is 11.6 Å². The quantitative estimate of drug-likeness (QED) is 0.499. The van der Waals surface area contributed by atoms with Crippen molar-refractivity contribution in [1.82, 2.24) is 4.72 Å². The fourth-order valence-corrected chi connectivity index (χ4v) is 4.65. The summed E-state index contributed by atoms with van der Waals surface area (Å²) in [5.41, 5.74) is -0.108. The SMILES string of the molecule is O=C([O-])C[C@@H](NS(=O)(=O)c1cc(C(=O)[O-])ccc1Cl)c1cccc(Oc2ccccc2)c1. The maximum Gasteiger partial charge on any atom is 0.242 e. The number of sulfonamides is 1. The van der Waals surface area contributed by atoms with Gasteiger partial charge in [-0.05, 0) is 47.5 Å². The first-order chi connectivity index (χ1) is 15.2. The predicted octanol–water partition coefficient (Wildman–Crippen LogP) is 1.66. The van der Waals surface area contributed by atoms with Crippen LogP contribution in [-0.4, -0.2) is 20.4 Å². The van der Waals surface area contributed by atoms with Crippen LogP contribution in [0, 0.1) is 0 Å². The number of hydrogen-bond acceptors (Lipinski definition) is 7. The monoisotopic (exact) mass is 473 g/mol. The molecular weight excluding hydrogens is 458 g/mol. The Labute approximate surface area is 189 Å². The van der Waals surface area contributed by atoms with Gasteiger partial charge >= 0.3 is 0 Å². The van der Waals surface area contributed by atoms with Crippen LogP contribution in [0.15, 0.2) is 77.7 Å². The van der Waals surface area contributed by atoms with Crippen LogP contribution in [0.4, 0.5) is 0 Å². The molecule has 0 aliphatic heterocycles. The van der Waals surface area contributed by atoms with Gasteiger partial charge in [-0.2, -0.15) is 0 Å². The van der Waals surface area contributed by atoms with E-state index in [1.165, 1.54) is 12.1 Å². The highest BCUT2D eigenvalue weighted by Gasteiger charge is 2.25.